The van der Waals surface area contributed by atoms with Gasteiger partial charge in [0.1, 0.15) is 13.2 Å². The molecule has 1 aromatic rings. The fourth-order valence-corrected chi connectivity index (χ4v) is 1.84. The smallest absolute Gasteiger partial charge is 0.338 e. The number of likely N-dealkylation sites (N-methyl/N-ethyl adjacent to an activating group) is 2. The van der Waals surface area contributed by atoms with Crippen molar-refractivity contribution < 1.29 is 19.1 Å². The van der Waals surface area contributed by atoms with E-state index in [0.29, 0.717) is 37.4 Å². The fraction of sp³-hybridized carbons (Fsp3) is 0.556. The maximum Gasteiger partial charge on any atom is 0.338 e. The number of hydrogen-bond donors (Lipinski definition) is 0. The van der Waals surface area contributed by atoms with Crippen LogP contribution in [0.25, 0.3) is 0 Å². The van der Waals surface area contributed by atoms with E-state index in [2.05, 4.69) is 0 Å². The summed E-state index contributed by atoms with van der Waals surface area (Å²) in [5, 5.41) is 0. The topological polar surface area (TPSA) is 59.1 Å². The van der Waals surface area contributed by atoms with Gasteiger partial charge in [0.2, 0.25) is 0 Å². The summed E-state index contributed by atoms with van der Waals surface area (Å²) in [6.07, 6.45) is 0. The molecule has 1 rings (SSSR count). The van der Waals surface area contributed by atoms with Gasteiger partial charge in [-0.15, -0.1) is 0 Å². The Morgan fingerprint density at radius 3 is 1.67 bits per heavy atom. The molecular formula is C18H28N2O4. The average molecular weight is 336 g/mol. The summed E-state index contributed by atoms with van der Waals surface area (Å²) < 4.78 is 10.4. The molecule has 6 nitrogen and oxygen atoms in total. The summed E-state index contributed by atoms with van der Waals surface area (Å²) in [6.45, 7) is 7.86. The minimum absolute atomic E-state index is 0.321. The minimum Gasteiger partial charge on any atom is -0.461 e. The van der Waals surface area contributed by atoms with Crippen molar-refractivity contribution in [1.82, 2.24) is 9.80 Å². The Kier molecular flexibility index (Phi) is 9.04. The van der Waals surface area contributed by atoms with E-state index in [9.17, 15) is 9.59 Å². The van der Waals surface area contributed by atoms with Crippen molar-refractivity contribution in [3.05, 3.63) is 35.4 Å². The lowest BCUT2D eigenvalue weighted by atomic mass is 10.1. The van der Waals surface area contributed by atoms with Crippen molar-refractivity contribution in [1.29, 1.82) is 0 Å². The number of nitrogens with zero attached hydrogens (tertiary/aromatic N) is 2. The highest BCUT2D eigenvalue weighted by Gasteiger charge is 2.13. The quantitative estimate of drug-likeness (QED) is 0.608. The van der Waals surface area contributed by atoms with E-state index in [1.165, 1.54) is 6.07 Å². The van der Waals surface area contributed by atoms with E-state index < -0.39 is 11.9 Å². The van der Waals surface area contributed by atoms with Crippen LogP contribution in [-0.4, -0.2) is 75.2 Å². The molecule has 0 aliphatic heterocycles. The lowest BCUT2D eigenvalue weighted by Crippen LogP contribution is -2.24. The fourth-order valence-electron chi connectivity index (χ4n) is 1.84. The molecule has 0 heterocycles. The van der Waals surface area contributed by atoms with Gasteiger partial charge < -0.3 is 19.3 Å². The Hall–Kier alpha value is -1.92. The summed E-state index contributed by atoms with van der Waals surface area (Å²) in [7, 11) is 3.92. The molecule has 0 radical (unpaired) electrons. The molecule has 0 saturated carbocycles. The molecule has 0 unspecified atom stereocenters. The summed E-state index contributed by atoms with van der Waals surface area (Å²) in [6, 6.07) is 6.43. The summed E-state index contributed by atoms with van der Waals surface area (Å²) >= 11 is 0. The maximum atomic E-state index is 12.0. The molecule has 0 aromatic heterocycles. The highest BCUT2D eigenvalue weighted by Crippen LogP contribution is 2.08. The van der Waals surface area contributed by atoms with Crippen LogP contribution >= 0.6 is 0 Å². The Morgan fingerprint density at radius 1 is 0.875 bits per heavy atom. The van der Waals surface area contributed by atoms with Crippen LogP contribution in [0.3, 0.4) is 0 Å². The van der Waals surface area contributed by atoms with E-state index in [-0.39, 0.29) is 0 Å². The molecule has 1 aromatic carbocycles. The summed E-state index contributed by atoms with van der Waals surface area (Å²) in [5.74, 6) is -0.861. The first kappa shape index (κ1) is 20.1. The van der Waals surface area contributed by atoms with Gasteiger partial charge in [-0.25, -0.2) is 9.59 Å². The SMILES string of the molecule is CCN(C)CCOC(=O)c1cccc(C(=O)OCCN(C)CC)c1. The number of hydrogen-bond acceptors (Lipinski definition) is 6. The molecule has 0 bridgehead atoms. The second-order valence-electron chi connectivity index (χ2n) is 5.64. The molecule has 0 aliphatic carbocycles. The summed E-state index contributed by atoms with van der Waals surface area (Å²) in [5.41, 5.74) is 0.712. The van der Waals surface area contributed by atoms with E-state index in [4.69, 9.17) is 9.47 Å². The zero-order valence-electron chi connectivity index (χ0n) is 15.1. The maximum absolute atomic E-state index is 12.0. The van der Waals surface area contributed by atoms with Crippen molar-refractivity contribution >= 4 is 11.9 Å². The molecular weight excluding hydrogens is 308 g/mol. The van der Waals surface area contributed by atoms with Gasteiger partial charge in [-0.05, 0) is 45.4 Å². The van der Waals surface area contributed by atoms with Crippen LogP contribution in [0.1, 0.15) is 34.6 Å². The van der Waals surface area contributed by atoms with Gasteiger partial charge in [-0.1, -0.05) is 19.9 Å². The number of esters is 2. The van der Waals surface area contributed by atoms with Crippen LogP contribution in [-0.2, 0) is 9.47 Å². The third kappa shape index (κ3) is 7.10. The third-order valence-electron chi connectivity index (χ3n) is 3.83. The monoisotopic (exact) mass is 336 g/mol. The first-order valence-electron chi connectivity index (χ1n) is 8.29. The second-order valence-corrected chi connectivity index (χ2v) is 5.64. The average Bonchev–Trinajstić information content (AvgIpc) is 2.61. The van der Waals surface area contributed by atoms with Crippen LogP contribution < -0.4 is 0 Å². The number of benzene rings is 1. The van der Waals surface area contributed by atoms with Gasteiger partial charge in [0.15, 0.2) is 0 Å². The number of rotatable bonds is 10. The number of carbonyl (C=O) groups excluding carboxylic acids is 2. The predicted octanol–water partition coefficient (Wildman–Crippen LogP) is 1.90. The predicted molar refractivity (Wildman–Crippen MR) is 93.3 cm³/mol. The standard InChI is InChI=1S/C18H28N2O4/c1-5-19(3)10-12-23-17(21)15-8-7-9-16(14-15)18(22)24-13-11-20(4)6-2/h7-9,14H,5-6,10-13H2,1-4H3. The number of ether oxygens (including phenoxy) is 2. The third-order valence-corrected chi connectivity index (χ3v) is 3.83. The Morgan fingerprint density at radius 2 is 1.29 bits per heavy atom. The van der Waals surface area contributed by atoms with E-state index in [1.54, 1.807) is 18.2 Å². The molecule has 0 aliphatic rings. The zero-order chi connectivity index (χ0) is 17.9. The molecule has 24 heavy (non-hydrogen) atoms. The highest BCUT2D eigenvalue weighted by atomic mass is 16.5. The van der Waals surface area contributed by atoms with Crippen LogP contribution in [0.4, 0.5) is 0 Å². The van der Waals surface area contributed by atoms with Crippen molar-refractivity contribution in [2.24, 2.45) is 0 Å². The van der Waals surface area contributed by atoms with Gasteiger partial charge in [0.25, 0.3) is 0 Å². The van der Waals surface area contributed by atoms with E-state index >= 15 is 0 Å². The molecule has 0 spiro atoms. The van der Waals surface area contributed by atoms with E-state index in [1.807, 2.05) is 37.7 Å². The Labute approximate surface area is 144 Å². The van der Waals surface area contributed by atoms with Crippen LogP contribution in [0.15, 0.2) is 24.3 Å². The van der Waals surface area contributed by atoms with Crippen LogP contribution in [0, 0.1) is 0 Å². The first-order valence-corrected chi connectivity index (χ1v) is 8.29. The molecule has 0 N–H and O–H groups in total. The van der Waals surface area contributed by atoms with Crippen molar-refractivity contribution in [2.75, 3.05) is 53.5 Å². The Balaban J connectivity index is 2.52. The minimum atomic E-state index is -0.431. The van der Waals surface area contributed by atoms with Crippen LogP contribution in [0.2, 0.25) is 0 Å². The highest BCUT2D eigenvalue weighted by molar-refractivity contribution is 5.95. The Bertz CT molecular complexity index is 490. The molecule has 0 amide bonds. The lowest BCUT2D eigenvalue weighted by molar-refractivity contribution is 0.0473. The van der Waals surface area contributed by atoms with Crippen molar-refractivity contribution in [3.63, 3.8) is 0 Å². The van der Waals surface area contributed by atoms with Gasteiger partial charge in [0, 0.05) is 13.1 Å². The van der Waals surface area contributed by atoms with Gasteiger partial charge in [-0.2, -0.15) is 0 Å². The molecule has 0 saturated heterocycles. The molecule has 0 atom stereocenters. The molecule has 134 valence electrons. The van der Waals surface area contributed by atoms with Gasteiger partial charge in [-0.3, -0.25) is 0 Å². The normalized spacial score (nSPS) is 10.9. The first-order chi connectivity index (χ1) is 11.5. The zero-order valence-corrected chi connectivity index (χ0v) is 15.1. The second kappa shape index (κ2) is 10.8. The molecule has 0 fully saturated rings. The van der Waals surface area contributed by atoms with Crippen molar-refractivity contribution in [2.45, 2.75) is 13.8 Å². The largest absolute Gasteiger partial charge is 0.461 e. The lowest BCUT2D eigenvalue weighted by Gasteiger charge is -2.14. The van der Waals surface area contributed by atoms with Crippen molar-refractivity contribution in [3.8, 4) is 0 Å². The van der Waals surface area contributed by atoms with Crippen LogP contribution in [0.5, 0.6) is 0 Å². The number of carbonyl (C=O) groups is 2. The summed E-state index contributed by atoms with van der Waals surface area (Å²) in [4.78, 5) is 28.2. The van der Waals surface area contributed by atoms with Gasteiger partial charge in [0.05, 0.1) is 11.1 Å². The molecule has 6 heteroatoms. The van der Waals surface area contributed by atoms with Gasteiger partial charge >= 0.3 is 11.9 Å². The van der Waals surface area contributed by atoms with E-state index in [0.717, 1.165) is 13.1 Å².